The maximum absolute atomic E-state index is 12.8. The molecule has 2 aliphatic rings. The summed E-state index contributed by atoms with van der Waals surface area (Å²) in [7, 11) is 1.52. The molecule has 2 aromatic rings. The molecule has 1 unspecified atom stereocenters. The molecule has 8 heteroatoms. The van der Waals surface area contributed by atoms with Gasteiger partial charge < -0.3 is 24.2 Å². The predicted octanol–water partition coefficient (Wildman–Crippen LogP) is 1.92. The summed E-state index contributed by atoms with van der Waals surface area (Å²) >= 11 is 0. The number of likely N-dealkylation sites (tertiary alicyclic amines) is 1. The third kappa shape index (κ3) is 3.42. The third-order valence-electron chi connectivity index (χ3n) is 4.89. The zero-order valence-electron chi connectivity index (χ0n) is 15.8. The average Bonchev–Trinajstić information content (AvgIpc) is 3.02. The number of hydrogen-bond acceptors (Lipinski definition) is 7. The van der Waals surface area contributed by atoms with Crippen LogP contribution >= 0.6 is 0 Å². The molecule has 4 rings (SSSR count). The number of hydrogen-bond donors (Lipinski definition) is 1. The summed E-state index contributed by atoms with van der Waals surface area (Å²) < 4.78 is 16.1. The van der Waals surface area contributed by atoms with Gasteiger partial charge in [0.25, 0.3) is 11.7 Å². The molecule has 3 heterocycles. The second-order valence-electron chi connectivity index (χ2n) is 6.63. The van der Waals surface area contributed by atoms with Gasteiger partial charge in [0, 0.05) is 31.6 Å². The van der Waals surface area contributed by atoms with Crippen molar-refractivity contribution in [1.29, 1.82) is 0 Å². The summed E-state index contributed by atoms with van der Waals surface area (Å²) in [4.78, 5) is 31.0. The maximum atomic E-state index is 12.8. The lowest BCUT2D eigenvalue weighted by Crippen LogP contribution is -2.32. The first kappa shape index (κ1) is 18.9. The predicted molar refractivity (Wildman–Crippen MR) is 103 cm³/mol. The van der Waals surface area contributed by atoms with E-state index in [1.807, 2.05) is 0 Å². The van der Waals surface area contributed by atoms with Crippen LogP contribution in [-0.4, -0.2) is 60.2 Å². The molecule has 0 radical (unpaired) electrons. The molecular formula is C21H20N2O6. The molecule has 1 aromatic carbocycles. The Hall–Kier alpha value is -3.39. The van der Waals surface area contributed by atoms with Gasteiger partial charge in [0.1, 0.15) is 19.0 Å². The Labute approximate surface area is 167 Å². The lowest BCUT2D eigenvalue weighted by molar-refractivity contribution is -0.140. The number of ketones is 1. The number of benzene rings is 1. The van der Waals surface area contributed by atoms with Crippen LogP contribution in [0, 0.1) is 0 Å². The van der Waals surface area contributed by atoms with Gasteiger partial charge in [0.15, 0.2) is 11.5 Å². The fraction of sp³-hybridized carbons (Fsp3) is 0.286. The molecule has 0 spiro atoms. The fourth-order valence-corrected chi connectivity index (χ4v) is 3.53. The van der Waals surface area contributed by atoms with Gasteiger partial charge in [-0.25, -0.2) is 0 Å². The fourth-order valence-electron chi connectivity index (χ4n) is 3.53. The molecule has 1 fully saturated rings. The summed E-state index contributed by atoms with van der Waals surface area (Å²) in [6.45, 7) is 1.31. The minimum atomic E-state index is -0.757. The number of Topliss-reactive ketones (excluding diaryl/α,β-unsaturated/α-hetero) is 1. The molecule has 1 N–H and O–H groups in total. The zero-order valence-corrected chi connectivity index (χ0v) is 15.8. The Morgan fingerprint density at radius 2 is 2.03 bits per heavy atom. The van der Waals surface area contributed by atoms with Crippen molar-refractivity contribution in [2.75, 3.05) is 33.5 Å². The standard InChI is InChI=1S/C21H20N2O6/c1-27-8-7-23-18(14-3-2-6-22-12-14)17(20(25)21(23)26)19(24)13-4-5-15-16(11-13)29-10-9-28-15/h2-6,11-12,18,24H,7-10H2,1H3/b19-17+. The molecule has 1 amide bonds. The van der Waals surface area contributed by atoms with E-state index < -0.39 is 17.7 Å². The highest BCUT2D eigenvalue weighted by Crippen LogP contribution is 2.40. The number of nitrogens with zero attached hydrogens (tertiary/aromatic N) is 2. The van der Waals surface area contributed by atoms with Gasteiger partial charge in [-0.2, -0.15) is 0 Å². The summed E-state index contributed by atoms with van der Waals surface area (Å²) in [5, 5.41) is 11.0. The lowest BCUT2D eigenvalue weighted by atomic mass is 9.96. The van der Waals surface area contributed by atoms with Crippen LogP contribution in [0.15, 0.2) is 48.3 Å². The van der Waals surface area contributed by atoms with Gasteiger partial charge in [-0.15, -0.1) is 0 Å². The van der Waals surface area contributed by atoms with Gasteiger partial charge in [-0.05, 0) is 29.8 Å². The molecule has 1 aromatic heterocycles. The van der Waals surface area contributed by atoms with E-state index in [9.17, 15) is 14.7 Å². The van der Waals surface area contributed by atoms with Crippen LogP contribution in [0.4, 0.5) is 0 Å². The molecule has 0 bridgehead atoms. The molecular weight excluding hydrogens is 376 g/mol. The minimum absolute atomic E-state index is 0.00998. The van der Waals surface area contributed by atoms with E-state index in [4.69, 9.17) is 14.2 Å². The van der Waals surface area contributed by atoms with E-state index in [2.05, 4.69) is 4.98 Å². The van der Waals surface area contributed by atoms with Gasteiger partial charge >= 0.3 is 0 Å². The summed E-state index contributed by atoms with van der Waals surface area (Å²) in [5.41, 5.74) is 1.01. The summed E-state index contributed by atoms with van der Waals surface area (Å²) in [6.07, 6.45) is 3.18. The van der Waals surface area contributed by atoms with Crippen molar-refractivity contribution in [3.05, 3.63) is 59.4 Å². The number of carbonyl (C=O) groups excluding carboxylic acids is 2. The highest BCUT2D eigenvalue weighted by atomic mass is 16.6. The molecule has 1 atom stereocenters. The molecule has 150 valence electrons. The van der Waals surface area contributed by atoms with Crippen LogP contribution in [0.1, 0.15) is 17.2 Å². The van der Waals surface area contributed by atoms with E-state index in [-0.39, 0.29) is 24.5 Å². The molecule has 29 heavy (non-hydrogen) atoms. The topological polar surface area (TPSA) is 98.2 Å². The Morgan fingerprint density at radius 1 is 1.24 bits per heavy atom. The van der Waals surface area contributed by atoms with Crippen LogP contribution in [0.5, 0.6) is 11.5 Å². The van der Waals surface area contributed by atoms with Crippen LogP contribution in [-0.2, 0) is 14.3 Å². The molecule has 8 nitrogen and oxygen atoms in total. The minimum Gasteiger partial charge on any atom is -0.507 e. The van der Waals surface area contributed by atoms with Gasteiger partial charge in [0.2, 0.25) is 0 Å². The summed E-state index contributed by atoms with van der Waals surface area (Å²) in [5.74, 6) is -0.657. The highest BCUT2D eigenvalue weighted by molar-refractivity contribution is 6.46. The van der Waals surface area contributed by atoms with Crippen LogP contribution in [0.25, 0.3) is 5.76 Å². The first-order chi connectivity index (χ1) is 14.1. The Kier molecular flexibility index (Phi) is 5.18. The number of aromatic nitrogens is 1. The van der Waals surface area contributed by atoms with Crippen LogP contribution in [0.3, 0.4) is 0 Å². The van der Waals surface area contributed by atoms with Crippen LogP contribution in [0.2, 0.25) is 0 Å². The molecule has 1 saturated heterocycles. The monoisotopic (exact) mass is 396 g/mol. The van der Waals surface area contributed by atoms with Crippen molar-refractivity contribution in [2.45, 2.75) is 6.04 Å². The maximum Gasteiger partial charge on any atom is 0.295 e. The molecule has 0 saturated carbocycles. The van der Waals surface area contributed by atoms with E-state index in [0.717, 1.165) is 0 Å². The number of methoxy groups -OCH3 is 1. The number of rotatable bonds is 5. The number of carbonyl (C=O) groups is 2. The first-order valence-electron chi connectivity index (χ1n) is 9.19. The van der Waals surface area contributed by atoms with E-state index in [1.165, 1.54) is 12.0 Å². The Bertz CT molecular complexity index is 972. The number of amides is 1. The van der Waals surface area contributed by atoms with Crippen molar-refractivity contribution in [3.63, 3.8) is 0 Å². The number of pyridine rings is 1. The SMILES string of the molecule is COCCN1C(=O)C(=O)/C(=C(/O)c2ccc3c(c2)OCCO3)C1c1cccnc1. The number of ether oxygens (including phenoxy) is 3. The largest absolute Gasteiger partial charge is 0.507 e. The Balaban J connectivity index is 1.82. The van der Waals surface area contributed by atoms with E-state index >= 15 is 0 Å². The van der Waals surface area contributed by atoms with Crippen molar-refractivity contribution in [2.24, 2.45) is 0 Å². The summed E-state index contributed by atoms with van der Waals surface area (Å²) in [6, 6.07) is 7.63. The Morgan fingerprint density at radius 3 is 2.76 bits per heavy atom. The normalized spacial score (nSPS) is 20.2. The van der Waals surface area contributed by atoms with Crippen molar-refractivity contribution in [1.82, 2.24) is 9.88 Å². The van der Waals surface area contributed by atoms with E-state index in [0.29, 0.717) is 35.8 Å². The van der Waals surface area contributed by atoms with Crippen molar-refractivity contribution >= 4 is 17.4 Å². The molecule has 0 aliphatic carbocycles. The quantitative estimate of drug-likeness (QED) is 0.468. The van der Waals surface area contributed by atoms with Crippen molar-refractivity contribution in [3.8, 4) is 11.5 Å². The molecule has 2 aliphatic heterocycles. The lowest BCUT2D eigenvalue weighted by Gasteiger charge is -2.24. The second-order valence-corrected chi connectivity index (χ2v) is 6.63. The van der Waals surface area contributed by atoms with Gasteiger partial charge in [-0.3, -0.25) is 14.6 Å². The van der Waals surface area contributed by atoms with Gasteiger partial charge in [0.05, 0.1) is 18.2 Å². The average molecular weight is 396 g/mol. The highest BCUT2D eigenvalue weighted by Gasteiger charge is 2.46. The van der Waals surface area contributed by atoms with Crippen LogP contribution < -0.4 is 9.47 Å². The number of aliphatic hydroxyl groups is 1. The number of fused-ring (bicyclic) bond motifs is 1. The van der Waals surface area contributed by atoms with Crippen molar-refractivity contribution < 1.29 is 28.9 Å². The zero-order chi connectivity index (χ0) is 20.4. The number of aliphatic hydroxyl groups excluding tert-OH is 1. The smallest absolute Gasteiger partial charge is 0.295 e. The first-order valence-corrected chi connectivity index (χ1v) is 9.19. The van der Waals surface area contributed by atoms with E-state index in [1.54, 1.807) is 42.7 Å². The second kappa shape index (κ2) is 7.92. The third-order valence-corrected chi connectivity index (χ3v) is 4.89. The van der Waals surface area contributed by atoms with Gasteiger partial charge in [-0.1, -0.05) is 6.07 Å².